The Kier molecular flexibility index (Phi) is 4.91. The predicted octanol–water partition coefficient (Wildman–Crippen LogP) is 3.44. The lowest BCUT2D eigenvalue weighted by Crippen LogP contribution is -2.03. The highest BCUT2D eigenvalue weighted by molar-refractivity contribution is 5.53. The van der Waals surface area contributed by atoms with Crippen LogP contribution in [0, 0.1) is 17.1 Å². The summed E-state index contributed by atoms with van der Waals surface area (Å²) in [7, 11) is 3.14. The molecule has 0 bridgehead atoms. The Balaban J connectivity index is 2.48. The zero-order valence-electron chi connectivity index (χ0n) is 12.0. The second-order valence-corrected chi connectivity index (χ2v) is 4.63. The summed E-state index contributed by atoms with van der Waals surface area (Å²) in [5, 5.41) is 9.41. The molecule has 0 saturated heterocycles. The lowest BCUT2D eigenvalue weighted by molar-refractivity contribution is 0.184. The van der Waals surface area contributed by atoms with Crippen LogP contribution in [0.15, 0.2) is 36.4 Å². The van der Waals surface area contributed by atoms with E-state index in [0.29, 0.717) is 24.3 Å². The van der Waals surface area contributed by atoms with Crippen molar-refractivity contribution < 1.29 is 13.9 Å². The molecule has 0 aromatic heterocycles. The summed E-state index contributed by atoms with van der Waals surface area (Å²) >= 11 is 0. The van der Waals surface area contributed by atoms with Crippen LogP contribution in [-0.2, 0) is 17.8 Å². The van der Waals surface area contributed by atoms with Crippen LogP contribution in [0.25, 0.3) is 0 Å². The van der Waals surface area contributed by atoms with Gasteiger partial charge in [0.25, 0.3) is 0 Å². The third kappa shape index (κ3) is 3.39. The molecule has 0 N–H and O–H groups in total. The lowest BCUT2D eigenvalue weighted by Gasteiger charge is -2.14. The van der Waals surface area contributed by atoms with E-state index >= 15 is 0 Å². The van der Waals surface area contributed by atoms with E-state index in [-0.39, 0.29) is 5.82 Å². The Bertz CT molecular complexity index is 660. The van der Waals surface area contributed by atoms with E-state index in [2.05, 4.69) is 6.07 Å². The quantitative estimate of drug-likeness (QED) is 0.845. The first kappa shape index (κ1) is 15.0. The minimum Gasteiger partial charge on any atom is -0.495 e. The second-order valence-electron chi connectivity index (χ2n) is 4.63. The number of nitrogens with zero attached hydrogens (tertiary/aromatic N) is 1. The third-order valence-electron chi connectivity index (χ3n) is 3.30. The van der Waals surface area contributed by atoms with Crippen LogP contribution in [0.3, 0.4) is 0 Å². The van der Waals surface area contributed by atoms with E-state index in [1.165, 1.54) is 19.2 Å². The van der Waals surface area contributed by atoms with Crippen LogP contribution >= 0.6 is 0 Å². The number of nitriles is 1. The van der Waals surface area contributed by atoms with Crippen molar-refractivity contribution in [3.05, 3.63) is 64.5 Å². The molecule has 0 unspecified atom stereocenters. The molecule has 2 aromatic carbocycles. The Morgan fingerprint density at radius 3 is 2.38 bits per heavy atom. The molecule has 2 rings (SSSR count). The maximum absolute atomic E-state index is 13.0. The molecule has 2 aromatic rings. The van der Waals surface area contributed by atoms with Crippen LogP contribution in [-0.4, -0.2) is 14.2 Å². The fraction of sp³-hybridized carbons (Fsp3) is 0.235. The average Bonchev–Trinajstić information content (AvgIpc) is 2.51. The van der Waals surface area contributed by atoms with Gasteiger partial charge in [0.1, 0.15) is 17.6 Å². The lowest BCUT2D eigenvalue weighted by atomic mass is 9.94. The SMILES string of the molecule is COCc1ccc(OC)c(C#N)c1Cc1ccc(F)cc1. The fourth-order valence-corrected chi connectivity index (χ4v) is 2.26. The Labute approximate surface area is 123 Å². The highest BCUT2D eigenvalue weighted by atomic mass is 19.1. The molecule has 0 aliphatic heterocycles. The molecule has 0 amide bonds. The predicted molar refractivity (Wildman–Crippen MR) is 77.6 cm³/mol. The summed E-state index contributed by atoms with van der Waals surface area (Å²) in [5.41, 5.74) is 3.21. The van der Waals surface area contributed by atoms with Gasteiger partial charge in [-0.15, -0.1) is 0 Å². The summed E-state index contributed by atoms with van der Waals surface area (Å²) in [6.07, 6.45) is 0.527. The first-order valence-electron chi connectivity index (χ1n) is 6.51. The minimum atomic E-state index is -0.276. The van der Waals surface area contributed by atoms with E-state index in [1.54, 1.807) is 25.3 Å². The molecule has 21 heavy (non-hydrogen) atoms. The van der Waals surface area contributed by atoms with Gasteiger partial charge in [-0.1, -0.05) is 18.2 Å². The van der Waals surface area contributed by atoms with Gasteiger partial charge in [0.2, 0.25) is 0 Å². The smallest absolute Gasteiger partial charge is 0.136 e. The fourth-order valence-electron chi connectivity index (χ4n) is 2.26. The first-order valence-corrected chi connectivity index (χ1v) is 6.51. The Hall–Kier alpha value is -2.38. The van der Waals surface area contributed by atoms with Gasteiger partial charge in [-0.05, 0) is 41.3 Å². The third-order valence-corrected chi connectivity index (χ3v) is 3.30. The van der Waals surface area contributed by atoms with Crippen molar-refractivity contribution in [1.29, 1.82) is 5.26 Å². The number of ether oxygens (including phenoxy) is 2. The van der Waals surface area contributed by atoms with Crippen LogP contribution in [0.4, 0.5) is 4.39 Å². The van der Waals surface area contributed by atoms with Crippen molar-refractivity contribution in [2.24, 2.45) is 0 Å². The Morgan fingerprint density at radius 2 is 1.81 bits per heavy atom. The van der Waals surface area contributed by atoms with E-state index in [1.807, 2.05) is 6.07 Å². The largest absolute Gasteiger partial charge is 0.495 e. The average molecular weight is 285 g/mol. The van der Waals surface area contributed by atoms with Crippen molar-refractivity contribution in [2.75, 3.05) is 14.2 Å². The normalized spacial score (nSPS) is 10.2. The molecule has 3 nitrogen and oxygen atoms in total. The highest BCUT2D eigenvalue weighted by Gasteiger charge is 2.14. The van der Waals surface area contributed by atoms with E-state index < -0.39 is 0 Å². The monoisotopic (exact) mass is 285 g/mol. The molecular weight excluding hydrogens is 269 g/mol. The van der Waals surface area contributed by atoms with Gasteiger partial charge in [0.05, 0.1) is 19.3 Å². The summed E-state index contributed by atoms with van der Waals surface area (Å²) in [5.74, 6) is 0.261. The maximum Gasteiger partial charge on any atom is 0.136 e. The van der Waals surface area contributed by atoms with Gasteiger partial charge in [0, 0.05) is 7.11 Å². The summed E-state index contributed by atoms with van der Waals surface area (Å²) in [6.45, 7) is 0.412. The van der Waals surface area contributed by atoms with Gasteiger partial charge < -0.3 is 9.47 Å². The number of hydrogen-bond donors (Lipinski definition) is 0. The van der Waals surface area contributed by atoms with Gasteiger partial charge in [-0.3, -0.25) is 0 Å². The molecule has 0 aliphatic rings. The topological polar surface area (TPSA) is 42.2 Å². The van der Waals surface area contributed by atoms with Gasteiger partial charge in [-0.2, -0.15) is 5.26 Å². The molecule has 0 saturated carbocycles. The molecule has 0 spiro atoms. The molecule has 4 heteroatoms. The van der Waals surface area contributed by atoms with Crippen LogP contribution in [0.2, 0.25) is 0 Å². The van der Waals surface area contributed by atoms with Gasteiger partial charge in [-0.25, -0.2) is 4.39 Å². The summed E-state index contributed by atoms with van der Waals surface area (Å²) in [4.78, 5) is 0. The van der Waals surface area contributed by atoms with Crippen LogP contribution in [0.1, 0.15) is 22.3 Å². The number of hydrogen-bond acceptors (Lipinski definition) is 3. The van der Waals surface area contributed by atoms with Gasteiger partial charge in [0.15, 0.2) is 0 Å². The van der Waals surface area contributed by atoms with E-state index in [9.17, 15) is 9.65 Å². The number of halogens is 1. The van der Waals surface area contributed by atoms with Crippen LogP contribution in [0.5, 0.6) is 5.75 Å². The van der Waals surface area contributed by atoms with Crippen molar-refractivity contribution in [3.63, 3.8) is 0 Å². The van der Waals surface area contributed by atoms with E-state index in [4.69, 9.17) is 9.47 Å². The van der Waals surface area contributed by atoms with Crippen molar-refractivity contribution in [2.45, 2.75) is 13.0 Å². The van der Waals surface area contributed by atoms with Gasteiger partial charge >= 0.3 is 0 Å². The number of benzene rings is 2. The Morgan fingerprint density at radius 1 is 1.10 bits per heavy atom. The second kappa shape index (κ2) is 6.87. The summed E-state index contributed by atoms with van der Waals surface area (Å²) < 4.78 is 23.4. The standard InChI is InChI=1S/C17H16FNO2/c1-20-11-13-5-8-17(21-2)16(10-19)15(13)9-12-3-6-14(18)7-4-12/h3-8H,9,11H2,1-2H3. The highest BCUT2D eigenvalue weighted by Crippen LogP contribution is 2.27. The van der Waals surface area contributed by atoms with E-state index in [0.717, 1.165) is 16.7 Å². The van der Waals surface area contributed by atoms with Crippen molar-refractivity contribution in [3.8, 4) is 11.8 Å². The molecule has 0 heterocycles. The molecular formula is C17H16FNO2. The zero-order valence-corrected chi connectivity index (χ0v) is 12.0. The molecule has 108 valence electrons. The van der Waals surface area contributed by atoms with Crippen molar-refractivity contribution in [1.82, 2.24) is 0 Å². The maximum atomic E-state index is 13.0. The minimum absolute atomic E-state index is 0.276. The summed E-state index contributed by atoms with van der Waals surface area (Å²) in [6, 6.07) is 12.1. The first-order chi connectivity index (χ1) is 10.2. The molecule has 0 aliphatic carbocycles. The molecule has 0 atom stereocenters. The molecule has 0 fully saturated rings. The molecule has 0 radical (unpaired) electrons. The van der Waals surface area contributed by atoms with Crippen LogP contribution < -0.4 is 4.74 Å². The number of rotatable bonds is 5. The van der Waals surface area contributed by atoms with Crippen molar-refractivity contribution >= 4 is 0 Å². The number of methoxy groups -OCH3 is 2. The zero-order chi connectivity index (χ0) is 15.2.